The molecule has 0 aliphatic rings. The minimum atomic E-state index is -0.470. The van der Waals surface area contributed by atoms with Gasteiger partial charge in [0.1, 0.15) is 0 Å². The van der Waals surface area contributed by atoms with Crippen LogP contribution in [0.2, 0.25) is 5.02 Å². The van der Waals surface area contributed by atoms with Crippen molar-refractivity contribution in [3.8, 4) is 0 Å². The van der Waals surface area contributed by atoms with Crippen LogP contribution >= 0.6 is 11.6 Å². The first-order chi connectivity index (χ1) is 10.9. The summed E-state index contributed by atoms with van der Waals surface area (Å²) >= 11 is 5.83. The molecule has 0 bridgehead atoms. The lowest BCUT2D eigenvalue weighted by Crippen LogP contribution is -2.31. The van der Waals surface area contributed by atoms with E-state index < -0.39 is 4.92 Å². The predicted molar refractivity (Wildman–Crippen MR) is 89.8 cm³/mol. The van der Waals surface area contributed by atoms with Gasteiger partial charge in [-0.3, -0.25) is 10.1 Å². The molecule has 2 aromatic rings. The van der Waals surface area contributed by atoms with Gasteiger partial charge in [-0.25, -0.2) is 4.79 Å². The Hall–Kier alpha value is -2.60. The molecule has 2 aromatic carbocycles. The minimum absolute atomic E-state index is 0.0249. The van der Waals surface area contributed by atoms with E-state index >= 15 is 0 Å². The van der Waals surface area contributed by atoms with Crippen molar-refractivity contribution in [2.45, 2.75) is 13.5 Å². The molecule has 2 rings (SSSR count). The Morgan fingerprint density at radius 2 is 1.91 bits per heavy atom. The van der Waals surface area contributed by atoms with Gasteiger partial charge in [-0.2, -0.15) is 0 Å². The van der Waals surface area contributed by atoms with Crippen molar-refractivity contribution in [2.24, 2.45) is 0 Å². The first-order valence-corrected chi connectivity index (χ1v) is 7.27. The normalized spacial score (nSPS) is 10.2. The van der Waals surface area contributed by atoms with Gasteiger partial charge in [-0.15, -0.1) is 0 Å². The number of nitro benzene ring substituents is 1. The van der Waals surface area contributed by atoms with Gasteiger partial charge in [0.15, 0.2) is 0 Å². The number of hydrogen-bond donors (Lipinski definition) is 1. The molecular weight excluding hydrogens is 318 g/mol. The molecule has 0 saturated heterocycles. The molecule has 7 heteroatoms. The molecule has 0 saturated carbocycles. The molecule has 0 aliphatic carbocycles. The molecule has 0 unspecified atom stereocenters. The van der Waals surface area contributed by atoms with E-state index in [-0.39, 0.29) is 11.7 Å². The summed E-state index contributed by atoms with van der Waals surface area (Å²) in [5.74, 6) is 0. The molecule has 0 fully saturated rings. The summed E-state index contributed by atoms with van der Waals surface area (Å²) < 4.78 is 0. The standard InChI is InChI=1S/C16H16ClN3O3/c1-11-14(4-3-5-15(11)20(22)23)18-16(21)19(2)10-12-6-8-13(17)9-7-12/h3-9H,10H2,1-2H3,(H,18,21). The van der Waals surface area contributed by atoms with E-state index in [4.69, 9.17) is 11.6 Å². The maximum atomic E-state index is 12.2. The van der Waals surface area contributed by atoms with Crippen LogP contribution < -0.4 is 5.32 Å². The number of carbonyl (C=O) groups excluding carboxylic acids is 1. The average Bonchev–Trinajstić information content (AvgIpc) is 2.51. The highest BCUT2D eigenvalue weighted by atomic mass is 35.5. The molecule has 0 aliphatic heterocycles. The molecule has 1 N–H and O–H groups in total. The third-order valence-electron chi connectivity index (χ3n) is 3.42. The number of halogens is 1. The van der Waals surface area contributed by atoms with Gasteiger partial charge in [-0.1, -0.05) is 29.8 Å². The summed E-state index contributed by atoms with van der Waals surface area (Å²) in [7, 11) is 1.65. The summed E-state index contributed by atoms with van der Waals surface area (Å²) in [6.45, 7) is 2.00. The van der Waals surface area contributed by atoms with Gasteiger partial charge in [0.2, 0.25) is 0 Å². The van der Waals surface area contributed by atoms with Crippen LogP contribution in [0.15, 0.2) is 42.5 Å². The lowest BCUT2D eigenvalue weighted by molar-refractivity contribution is -0.385. The average molecular weight is 334 g/mol. The van der Waals surface area contributed by atoms with E-state index in [9.17, 15) is 14.9 Å². The van der Waals surface area contributed by atoms with E-state index in [0.29, 0.717) is 22.8 Å². The zero-order valence-electron chi connectivity index (χ0n) is 12.7. The van der Waals surface area contributed by atoms with Crippen molar-refractivity contribution >= 4 is 29.0 Å². The number of nitro groups is 1. The highest BCUT2D eigenvalue weighted by Crippen LogP contribution is 2.25. The molecule has 0 radical (unpaired) electrons. The van der Waals surface area contributed by atoms with E-state index in [1.807, 2.05) is 12.1 Å². The number of benzene rings is 2. The summed E-state index contributed by atoms with van der Waals surface area (Å²) in [5.41, 5.74) is 1.75. The highest BCUT2D eigenvalue weighted by molar-refractivity contribution is 6.30. The van der Waals surface area contributed by atoms with Crippen LogP contribution in [0.25, 0.3) is 0 Å². The fraction of sp³-hybridized carbons (Fsp3) is 0.188. The minimum Gasteiger partial charge on any atom is -0.323 e. The highest BCUT2D eigenvalue weighted by Gasteiger charge is 2.16. The lowest BCUT2D eigenvalue weighted by Gasteiger charge is -2.19. The van der Waals surface area contributed by atoms with E-state index in [1.165, 1.54) is 11.0 Å². The Morgan fingerprint density at radius 3 is 2.52 bits per heavy atom. The SMILES string of the molecule is Cc1c(NC(=O)N(C)Cc2ccc(Cl)cc2)cccc1[N+](=O)[O-]. The summed E-state index contributed by atoms with van der Waals surface area (Å²) in [6, 6.07) is 11.4. The van der Waals surface area contributed by atoms with Crippen molar-refractivity contribution in [3.63, 3.8) is 0 Å². The number of hydrogen-bond acceptors (Lipinski definition) is 3. The molecule has 0 atom stereocenters. The summed E-state index contributed by atoms with van der Waals surface area (Å²) in [6.07, 6.45) is 0. The van der Waals surface area contributed by atoms with Gasteiger partial charge in [0.25, 0.3) is 5.69 Å². The number of urea groups is 1. The molecule has 2 amide bonds. The molecule has 6 nitrogen and oxygen atoms in total. The largest absolute Gasteiger partial charge is 0.323 e. The summed E-state index contributed by atoms with van der Waals surface area (Å²) in [4.78, 5) is 24.2. The number of amides is 2. The van der Waals surface area contributed by atoms with Gasteiger partial charge >= 0.3 is 6.03 Å². The maximum Gasteiger partial charge on any atom is 0.321 e. The van der Waals surface area contributed by atoms with Crippen LogP contribution in [-0.2, 0) is 6.54 Å². The fourth-order valence-corrected chi connectivity index (χ4v) is 2.23. The quantitative estimate of drug-likeness (QED) is 0.672. The van der Waals surface area contributed by atoms with Crippen LogP contribution in [0, 0.1) is 17.0 Å². The molecule has 0 spiro atoms. The second kappa shape index (κ2) is 7.11. The van der Waals surface area contributed by atoms with Crippen LogP contribution in [-0.4, -0.2) is 22.9 Å². The van der Waals surface area contributed by atoms with Gasteiger partial charge in [0, 0.05) is 24.7 Å². The van der Waals surface area contributed by atoms with E-state index in [0.717, 1.165) is 5.56 Å². The van der Waals surface area contributed by atoms with Gasteiger partial charge in [-0.05, 0) is 30.7 Å². The van der Waals surface area contributed by atoms with Crippen molar-refractivity contribution in [1.82, 2.24) is 4.90 Å². The Balaban J connectivity index is 2.08. The van der Waals surface area contributed by atoms with Crippen molar-refractivity contribution < 1.29 is 9.72 Å². The van der Waals surface area contributed by atoms with Gasteiger partial charge in [0.05, 0.1) is 16.2 Å². The first kappa shape index (κ1) is 16.8. The molecule has 120 valence electrons. The predicted octanol–water partition coefficient (Wildman–Crippen LogP) is 4.22. The molecule has 23 heavy (non-hydrogen) atoms. The number of carbonyl (C=O) groups is 1. The first-order valence-electron chi connectivity index (χ1n) is 6.89. The van der Waals surface area contributed by atoms with Crippen LogP contribution in [0.4, 0.5) is 16.2 Å². The Labute approximate surface area is 138 Å². The Morgan fingerprint density at radius 1 is 1.26 bits per heavy atom. The van der Waals surface area contributed by atoms with E-state index in [2.05, 4.69) is 5.32 Å². The number of rotatable bonds is 4. The van der Waals surface area contributed by atoms with Crippen molar-refractivity contribution in [1.29, 1.82) is 0 Å². The van der Waals surface area contributed by atoms with Crippen LogP contribution in [0.1, 0.15) is 11.1 Å². The number of nitrogens with zero attached hydrogens (tertiary/aromatic N) is 2. The maximum absolute atomic E-state index is 12.2. The zero-order valence-corrected chi connectivity index (χ0v) is 13.5. The lowest BCUT2D eigenvalue weighted by atomic mass is 10.1. The molecular formula is C16H16ClN3O3. The number of nitrogens with one attached hydrogen (secondary N) is 1. The third-order valence-corrected chi connectivity index (χ3v) is 3.68. The Bertz CT molecular complexity index is 732. The topological polar surface area (TPSA) is 75.5 Å². The van der Waals surface area contributed by atoms with Crippen molar-refractivity contribution in [3.05, 3.63) is 68.7 Å². The monoisotopic (exact) mass is 333 g/mol. The second-order valence-corrected chi connectivity index (χ2v) is 5.56. The second-order valence-electron chi connectivity index (χ2n) is 5.12. The molecule has 0 aromatic heterocycles. The van der Waals surface area contributed by atoms with Crippen LogP contribution in [0.3, 0.4) is 0 Å². The van der Waals surface area contributed by atoms with E-state index in [1.54, 1.807) is 38.2 Å². The smallest absolute Gasteiger partial charge is 0.321 e. The third kappa shape index (κ3) is 4.20. The fourth-order valence-electron chi connectivity index (χ4n) is 2.10. The van der Waals surface area contributed by atoms with Crippen LogP contribution in [0.5, 0.6) is 0 Å². The summed E-state index contributed by atoms with van der Waals surface area (Å²) in [5, 5.41) is 14.3. The Kier molecular flexibility index (Phi) is 5.18. The van der Waals surface area contributed by atoms with Crippen molar-refractivity contribution in [2.75, 3.05) is 12.4 Å². The zero-order chi connectivity index (χ0) is 17.0. The number of anilines is 1. The van der Waals surface area contributed by atoms with Gasteiger partial charge < -0.3 is 10.2 Å². The molecule has 0 heterocycles.